The Morgan fingerprint density at radius 2 is 1.60 bits per heavy atom. The molecule has 0 aliphatic carbocycles. The highest BCUT2D eigenvalue weighted by molar-refractivity contribution is 5.47. The molecule has 1 N–H and O–H groups in total. The third-order valence-electron chi connectivity index (χ3n) is 2.79. The van der Waals surface area contributed by atoms with Gasteiger partial charge in [-0.05, 0) is 38.0 Å². The van der Waals surface area contributed by atoms with Gasteiger partial charge in [-0.3, -0.25) is 0 Å². The van der Waals surface area contributed by atoms with Gasteiger partial charge in [-0.1, -0.05) is 19.1 Å². The fraction of sp³-hybridized carbons (Fsp3) is 0.538. The third kappa shape index (κ3) is 2.96. The van der Waals surface area contributed by atoms with Crippen LogP contribution in [0.3, 0.4) is 0 Å². The Bertz CT molecular complexity index is 277. The van der Waals surface area contributed by atoms with Crippen LogP contribution in [0.5, 0.6) is 0 Å². The van der Waals surface area contributed by atoms with Crippen LogP contribution >= 0.6 is 0 Å². The fourth-order valence-electron chi connectivity index (χ4n) is 1.73. The maximum Gasteiger partial charge on any atom is 0.0787 e. The number of hydrogen-bond acceptors (Lipinski definition) is 2. The van der Waals surface area contributed by atoms with E-state index in [-0.39, 0.29) is 6.10 Å². The number of rotatable bonds is 5. The van der Waals surface area contributed by atoms with Crippen LogP contribution in [0.2, 0.25) is 0 Å². The van der Waals surface area contributed by atoms with E-state index in [0.717, 1.165) is 25.1 Å². The minimum Gasteiger partial charge on any atom is -0.388 e. The molecule has 0 bridgehead atoms. The molecule has 0 amide bonds. The second-order valence-corrected chi connectivity index (χ2v) is 3.69. The number of aliphatic hydroxyl groups excluding tert-OH is 1. The van der Waals surface area contributed by atoms with Crippen molar-refractivity contribution in [3.05, 3.63) is 29.8 Å². The zero-order valence-corrected chi connectivity index (χ0v) is 9.90. The van der Waals surface area contributed by atoms with Crippen molar-refractivity contribution in [2.75, 3.05) is 18.0 Å². The van der Waals surface area contributed by atoms with Crippen molar-refractivity contribution in [2.24, 2.45) is 0 Å². The Hall–Kier alpha value is -1.02. The fourth-order valence-corrected chi connectivity index (χ4v) is 1.73. The summed E-state index contributed by atoms with van der Waals surface area (Å²) < 4.78 is 0. The molecule has 0 saturated heterocycles. The summed E-state index contributed by atoms with van der Waals surface area (Å²) in [4.78, 5) is 2.29. The van der Waals surface area contributed by atoms with E-state index < -0.39 is 0 Å². The molecule has 0 spiro atoms. The maximum atomic E-state index is 9.66. The summed E-state index contributed by atoms with van der Waals surface area (Å²) in [6.45, 7) is 8.33. The van der Waals surface area contributed by atoms with Crippen LogP contribution in [0.4, 0.5) is 5.69 Å². The maximum absolute atomic E-state index is 9.66. The Morgan fingerprint density at radius 3 is 2.00 bits per heavy atom. The van der Waals surface area contributed by atoms with Gasteiger partial charge in [0.25, 0.3) is 0 Å². The van der Waals surface area contributed by atoms with Gasteiger partial charge in [0, 0.05) is 18.8 Å². The molecule has 2 heteroatoms. The van der Waals surface area contributed by atoms with Crippen LogP contribution in [-0.4, -0.2) is 18.2 Å². The monoisotopic (exact) mass is 207 g/mol. The Labute approximate surface area is 92.5 Å². The topological polar surface area (TPSA) is 23.5 Å². The number of anilines is 1. The van der Waals surface area contributed by atoms with Gasteiger partial charge in [0.2, 0.25) is 0 Å². The summed E-state index contributed by atoms with van der Waals surface area (Å²) in [5.41, 5.74) is 2.24. The first-order valence-corrected chi connectivity index (χ1v) is 5.75. The first kappa shape index (κ1) is 12.1. The van der Waals surface area contributed by atoms with Crippen LogP contribution in [0, 0.1) is 0 Å². The van der Waals surface area contributed by atoms with Gasteiger partial charge in [-0.2, -0.15) is 0 Å². The van der Waals surface area contributed by atoms with Crippen molar-refractivity contribution in [2.45, 2.75) is 33.3 Å². The van der Waals surface area contributed by atoms with E-state index in [1.54, 1.807) is 0 Å². The van der Waals surface area contributed by atoms with Crippen molar-refractivity contribution >= 4 is 5.69 Å². The molecule has 1 aromatic rings. The Balaban J connectivity index is 2.79. The van der Waals surface area contributed by atoms with Gasteiger partial charge in [0.1, 0.15) is 0 Å². The van der Waals surface area contributed by atoms with E-state index in [0.29, 0.717) is 0 Å². The summed E-state index contributed by atoms with van der Waals surface area (Å²) in [5, 5.41) is 9.66. The molecule has 0 aliphatic rings. The predicted molar refractivity (Wildman–Crippen MR) is 65.3 cm³/mol. The molecule has 2 nitrogen and oxygen atoms in total. The van der Waals surface area contributed by atoms with Gasteiger partial charge < -0.3 is 10.0 Å². The zero-order valence-electron chi connectivity index (χ0n) is 9.90. The second kappa shape index (κ2) is 5.76. The molecule has 1 rings (SSSR count). The van der Waals surface area contributed by atoms with Gasteiger partial charge in [0.15, 0.2) is 0 Å². The lowest BCUT2D eigenvalue weighted by Crippen LogP contribution is -2.21. The summed E-state index contributed by atoms with van der Waals surface area (Å²) in [7, 11) is 0. The number of nitrogens with zero attached hydrogens (tertiary/aromatic N) is 1. The lowest BCUT2D eigenvalue weighted by atomic mass is 10.1. The zero-order chi connectivity index (χ0) is 11.3. The number of aliphatic hydroxyl groups is 1. The molecule has 84 valence electrons. The standard InChI is InChI=1S/C13H21NO/c1-4-13(15)11-7-9-12(10-8-11)14(5-2)6-3/h7-10,13,15H,4-6H2,1-3H3/t13-/m1/s1. The predicted octanol–water partition coefficient (Wildman–Crippen LogP) is 2.98. The first-order chi connectivity index (χ1) is 7.22. The van der Waals surface area contributed by atoms with Crippen molar-refractivity contribution in [3.63, 3.8) is 0 Å². The summed E-state index contributed by atoms with van der Waals surface area (Å²) >= 11 is 0. The summed E-state index contributed by atoms with van der Waals surface area (Å²) in [6.07, 6.45) is 0.445. The van der Waals surface area contributed by atoms with E-state index in [1.807, 2.05) is 19.1 Å². The van der Waals surface area contributed by atoms with Gasteiger partial charge >= 0.3 is 0 Å². The van der Waals surface area contributed by atoms with E-state index in [2.05, 4.69) is 30.9 Å². The van der Waals surface area contributed by atoms with E-state index in [9.17, 15) is 5.11 Å². The largest absolute Gasteiger partial charge is 0.388 e. The van der Waals surface area contributed by atoms with Crippen LogP contribution < -0.4 is 4.90 Å². The quantitative estimate of drug-likeness (QED) is 0.802. The molecular formula is C13H21NO. The second-order valence-electron chi connectivity index (χ2n) is 3.69. The van der Waals surface area contributed by atoms with Gasteiger partial charge in [0.05, 0.1) is 6.10 Å². The molecule has 0 aliphatic heterocycles. The lowest BCUT2D eigenvalue weighted by molar-refractivity contribution is 0.173. The molecule has 0 radical (unpaired) electrons. The highest BCUT2D eigenvalue weighted by Gasteiger charge is 2.05. The van der Waals surface area contributed by atoms with Crippen molar-refractivity contribution in [1.29, 1.82) is 0 Å². The van der Waals surface area contributed by atoms with Crippen LogP contribution in [0.25, 0.3) is 0 Å². The third-order valence-corrected chi connectivity index (χ3v) is 2.79. The molecule has 0 fully saturated rings. The molecule has 0 aromatic heterocycles. The van der Waals surface area contributed by atoms with Crippen molar-refractivity contribution in [1.82, 2.24) is 0 Å². The van der Waals surface area contributed by atoms with Crippen LogP contribution in [0.1, 0.15) is 38.9 Å². The Kier molecular flexibility index (Phi) is 4.63. The average Bonchev–Trinajstić information content (AvgIpc) is 2.30. The number of benzene rings is 1. The highest BCUT2D eigenvalue weighted by atomic mass is 16.3. The van der Waals surface area contributed by atoms with Gasteiger partial charge in [-0.15, -0.1) is 0 Å². The normalized spacial score (nSPS) is 12.5. The van der Waals surface area contributed by atoms with Crippen molar-refractivity contribution < 1.29 is 5.11 Å². The SMILES string of the molecule is CC[C@@H](O)c1ccc(N(CC)CC)cc1. The summed E-state index contributed by atoms with van der Waals surface area (Å²) in [6, 6.07) is 8.20. The van der Waals surface area contributed by atoms with E-state index >= 15 is 0 Å². The molecule has 0 saturated carbocycles. The minimum atomic E-state index is -0.323. The smallest absolute Gasteiger partial charge is 0.0787 e. The highest BCUT2D eigenvalue weighted by Crippen LogP contribution is 2.20. The van der Waals surface area contributed by atoms with Crippen LogP contribution in [-0.2, 0) is 0 Å². The number of hydrogen-bond donors (Lipinski definition) is 1. The Morgan fingerprint density at radius 1 is 1.07 bits per heavy atom. The molecule has 1 atom stereocenters. The van der Waals surface area contributed by atoms with Crippen molar-refractivity contribution in [3.8, 4) is 0 Å². The van der Waals surface area contributed by atoms with E-state index in [4.69, 9.17) is 0 Å². The van der Waals surface area contributed by atoms with Gasteiger partial charge in [-0.25, -0.2) is 0 Å². The minimum absolute atomic E-state index is 0.323. The molecule has 15 heavy (non-hydrogen) atoms. The van der Waals surface area contributed by atoms with E-state index in [1.165, 1.54) is 5.69 Å². The molecule has 0 heterocycles. The lowest BCUT2D eigenvalue weighted by Gasteiger charge is -2.21. The summed E-state index contributed by atoms with van der Waals surface area (Å²) in [5.74, 6) is 0. The first-order valence-electron chi connectivity index (χ1n) is 5.75. The van der Waals surface area contributed by atoms with Crippen LogP contribution in [0.15, 0.2) is 24.3 Å². The molecule has 1 aromatic carbocycles. The molecule has 0 unspecified atom stereocenters. The average molecular weight is 207 g/mol. The molecular weight excluding hydrogens is 186 g/mol.